The third kappa shape index (κ3) is 7.19. The molecule has 0 bridgehead atoms. The molecule has 174 valence electrons. The Morgan fingerprint density at radius 2 is 1.73 bits per heavy atom. The summed E-state index contributed by atoms with van der Waals surface area (Å²) in [5.41, 5.74) is 2.69. The predicted octanol–water partition coefficient (Wildman–Crippen LogP) is 4.01. The van der Waals surface area contributed by atoms with Gasteiger partial charge < -0.3 is 20.5 Å². The quantitative estimate of drug-likeness (QED) is 0.338. The van der Waals surface area contributed by atoms with Crippen LogP contribution in [-0.4, -0.2) is 36.7 Å². The summed E-state index contributed by atoms with van der Waals surface area (Å²) in [6.45, 7) is 0.615. The van der Waals surface area contributed by atoms with Gasteiger partial charge in [0.25, 0.3) is 11.8 Å². The van der Waals surface area contributed by atoms with Crippen LogP contribution in [0.3, 0.4) is 0 Å². The molecule has 2 aliphatic carbocycles. The highest BCUT2D eigenvalue weighted by Crippen LogP contribution is 2.40. The Morgan fingerprint density at radius 3 is 2.36 bits per heavy atom. The third-order valence-corrected chi connectivity index (χ3v) is 6.03. The largest absolute Gasteiger partial charge is 0.494 e. The van der Waals surface area contributed by atoms with E-state index in [-0.39, 0.29) is 24.8 Å². The van der Waals surface area contributed by atoms with Crippen LogP contribution < -0.4 is 15.4 Å². The number of benzene rings is 2. The van der Waals surface area contributed by atoms with Crippen LogP contribution >= 0.6 is 0 Å². The van der Waals surface area contributed by atoms with Crippen molar-refractivity contribution in [2.75, 3.05) is 19.8 Å². The van der Waals surface area contributed by atoms with Crippen molar-refractivity contribution in [2.24, 2.45) is 5.92 Å². The van der Waals surface area contributed by atoms with E-state index in [1.807, 2.05) is 12.1 Å². The Bertz CT molecular complexity index is 974. The van der Waals surface area contributed by atoms with Crippen LogP contribution in [0, 0.1) is 5.92 Å². The third-order valence-electron chi connectivity index (χ3n) is 6.03. The van der Waals surface area contributed by atoms with Crippen molar-refractivity contribution in [3.63, 3.8) is 0 Å². The van der Waals surface area contributed by atoms with Crippen molar-refractivity contribution in [1.82, 2.24) is 10.6 Å². The van der Waals surface area contributed by atoms with Crippen LogP contribution in [0.15, 0.2) is 54.2 Å². The SMILES string of the molecule is O=C(NCCO)C(=Cc1ccc(C2CC2)cc1)NC(=O)c1ccc(OCCCC2CC2)cc1. The maximum atomic E-state index is 12.8. The molecule has 0 aliphatic heterocycles. The number of aliphatic hydroxyl groups excluding tert-OH is 1. The molecule has 0 radical (unpaired) electrons. The van der Waals surface area contributed by atoms with Crippen LogP contribution in [0.25, 0.3) is 6.08 Å². The number of amides is 2. The number of aliphatic hydroxyl groups is 1. The van der Waals surface area contributed by atoms with Crippen molar-refractivity contribution < 1.29 is 19.4 Å². The van der Waals surface area contributed by atoms with Gasteiger partial charge in [0, 0.05) is 12.1 Å². The minimum absolute atomic E-state index is 0.111. The molecule has 2 aromatic rings. The van der Waals surface area contributed by atoms with Gasteiger partial charge in [-0.2, -0.15) is 0 Å². The van der Waals surface area contributed by atoms with Gasteiger partial charge in [0.15, 0.2) is 0 Å². The van der Waals surface area contributed by atoms with E-state index >= 15 is 0 Å². The Hall–Kier alpha value is -3.12. The van der Waals surface area contributed by atoms with Crippen LogP contribution in [-0.2, 0) is 4.79 Å². The fraction of sp³-hybridized carbons (Fsp3) is 0.407. The molecular formula is C27H32N2O4. The number of nitrogens with one attached hydrogen (secondary N) is 2. The minimum atomic E-state index is -0.445. The first-order valence-electron chi connectivity index (χ1n) is 11.9. The Labute approximate surface area is 195 Å². The summed E-state index contributed by atoms with van der Waals surface area (Å²) in [6, 6.07) is 15.0. The van der Waals surface area contributed by atoms with E-state index in [2.05, 4.69) is 22.8 Å². The molecule has 6 nitrogen and oxygen atoms in total. The first-order chi connectivity index (χ1) is 16.1. The fourth-order valence-corrected chi connectivity index (χ4v) is 3.74. The monoisotopic (exact) mass is 448 g/mol. The molecule has 4 rings (SSSR count). The van der Waals surface area contributed by atoms with Gasteiger partial charge in [0.2, 0.25) is 0 Å². The first kappa shape index (κ1) is 23.1. The second-order valence-corrected chi connectivity index (χ2v) is 8.89. The summed E-state index contributed by atoms with van der Waals surface area (Å²) >= 11 is 0. The van der Waals surface area contributed by atoms with Crippen molar-refractivity contribution in [3.8, 4) is 5.75 Å². The summed E-state index contributed by atoms with van der Waals surface area (Å²) in [5.74, 6) is 1.46. The Morgan fingerprint density at radius 1 is 1.00 bits per heavy atom. The molecule has 6 heteroatoms. The summed E-state index contributed by atoms with van der Waals surface area (Å²) in [5, 5.41) is 14.4. The minimum Gasteiger partial charge on any atom is -0.494 e. The van der Waals surface area contributed by atoms with Gasteiger partial charge in [0.1, 0.15) is 11.4 Å². The lowest BCUT2D eigenvalue weighted by Crippen LogP contribution is -2.36. The van der Waals surface area contributed by atoms with E-state index < -0.39 is 5.91 Å². The van der Waals surface area contributed by atoms with E-state index in [4.69, 9.17) is 9.84 Å². The van der Waals surface area contributed by atoms with E-state index in [9.17, 15) is 9.59 Å². The first-order valence-corrected chi connectivity index (χ1v) is 11.9. The highest BCUT2D eigenvalue weighted by Gasteiger charge is 2.23. The van der Waals surface area contributed by atoms with Gasteiger partial charge >= 0.3 is 0 Å². The lowest BCUT2D eigenvalue weighted by Gasteiger charge is -2.11. The highest BCUT2D eigenvalue weighted by molar-refractivity contribution is 6.05. The number of carbonyl (C=O) groups excluding carboxylic acids is 2. The maximum Gasteiger partial charge on any atom is 0.267 e. The lowest BCUT2D eigenvalue weighted by molar-refractivity contribution is -0.117. The molecule has 2 fully saturated rings. The summed E-state index contributed by atoms with van der Waals surface area (Å²) in [6.07, 6.45) is 9.07. The maximum absolute atomic E-state index is 12.8. The average molecular weight is 449 g/mol. The summed E-state index contributed by atoms with van der Waals surface area (Å²) in [4.78, 5) is 25.4. The average Bonchev–Trinajstić information content (AvgIpc) is 3.75. The van der Waals surface area contributed by atoms with Crippen molar-refractivity contribution in [2.45, 2.75) is 44.4 Å². The molecule has 2 aromatic carbocycles. The van der Waals surface area contributed by atoms with E-state index in [1.54, 1.807) is 30.3 Å². The normalized spacial score (nSPS) is 15.7. The zero-order chi connectivity index (χ0) is 23.0. The molecule has 3 N–H and O–H groups in total. The molecule has 33 heavy (non-hydrogen) atoms. The smallest absolute Gasteiger partial charge is 0.267 e. The van der Waals surface area contributed by atoms with E-state index in [0.29, 0.717) is 18.1 Å². The van der Waals surface area contributed by atoms with Gasteiger partial charge in [0.05, 0.1) is 13.2 Å². The van der Waals surface area contributed by atoms with Gasteiger partial charge in [-0.1, -0.05) is 37.1 Å². The molecule has 2 aliphatic rings. The van der Waals surface area contributed by atoms with Gasteiger partial charge in [-0.3, -0.25) is 9.59 Å². The highest BCUT2D eigenvalue weighted by atomic mass is 16.5. The van der Waals surface area contributed by atoms with Gasteiger partial charge in [-0.15, -0.1) is 0 Å². The number of hydrogen-bond acceptors (Lipinski definition) is 4. The number of carbonyl (C=O) groups is 2. The van der Waals surface area contributed by atoms with Crippen molar-refractivity contribution in [1.29, 1.82) is 0 Å². The number of rotatable bonds is 12. The van der Waals surface area contributed by atoms with Crippen LogP contribution in [0.5, 0.6) is 5.75 Å². The van der Waals surface area contributed by atoms with Gasteiger partial charge in [-0.25, -0.2) is 0 Å². The molecule has 2 amide bonds. The van der Waals surface area contributed by atoms with Crippen LogP contribution in [0.1, 0.15) is 65.9 Å². The molecule has 0 heterocycles. The number of ether oxygens (including phenoxy) is 1. The van der Waals surface area contributed by atoms with Gasteiger partial charge in [-0.05, 0) is 79.0 Å². The Kier molecular flexibility index (Phi) is 7.79. The Balaban J connectivity index is 1.38. The molecule has 0 unspecified atom stereocenters. The molecule has 0 spiro atoms. The van der Waals surface area contributed by atoms with Crippen molar-refractivity contribution >= 4 is 17.9 Å². The topological polar surface area (TPSA) is 87.7 Å². The summed E-state index contributed by atoms with van der Waals surface area (Å²) < 4.78 is 5.76. The second-order valence-electron chi connectivity index (χ2n) is 8.89. The molecule has 0 aromatic heterocycles. The van der Waals surface area contributed by atoms with Crippen LogP contribution in [0.2, 0.25) is 0 Å². The lowest BCUT2D eigenvalue weighted by atomic mass is 10.1. The number of hydrogen-bond donors (Lipinski definition) is 3. The fourth-order valence-electron chi connectivity index (χ4n) is 3.74. The molecule has 0 saturated heterocycles. The zero-order valence-electron chi connectivity index (χ0n) is 18.9. The standard InChI is InChI=1S/C27H32N2O4/c30-16-15-28-27(32)25(18-20-5-7-21(8-6-20)22-9-10-22)29-26(31)23-11-13-24(14-12-23)33-17-1-2-19-3-4-19/h5-8,11-14,18-19,22,30H,1-4,9-10,15-17H2,(H,28,32)(H,29,31). The zero-order valence-corrected chi connectivity index (χ0v) is 18.9. The van der Waals surface area contributed by atoms with E-state index in [0.717, 1.165) is 23.7 Å². The predicted molar refractivity (Wildman–Crippen MR) is 128 cm³/mol. The second kappa shape index (κ2) is 11.1. The van der Waals surface area contributed by atoms with E-state index in [1.165, 1.54) is 37.7 Å². The summed E-state index contributed by atoms with van der Waals surface area (Å²) in [7, 11) is 0. The van der Waals surface area contributed by atoms with Crippen molar-refractivity contribution in [3.05, 3.63) is 70.9 Å². The molecular weight excluding hydrogens is 416 g/mol. The molecule has 2 saturated carbocycles. The molecule has 0 atom stereocenters. The van der Waals surface area contributed by atoms with Crippen LogP contribution in [0.4, 0.5) is 0 Å².